The van der Waals surface area contributed by atoms with E-state index in [1.54, 1.807) is 0 Å². The molecule has 3 aliphatic rings. The van der Waals surface area contributed by atoms with Gasteiger partial charge in [0.05, 0.1) is 23.9 Å². The Labute approximate surface area is 153 Å². The number of hydrogen-bond acceptors (Lipinski definition) is 5. The number of hydrogen-bond donors (Lipinski definition) is 1. The minimum absolute atomic E-state index is 0.128. The molecule has 3 rings (SSSR count). The van der Waals surface area contributed by atoms with Gasteiger partial charge in [-0.25, -0.2) is 4.79 Å². The normalized spacial score (nSPS) is 38.8. The summed E-state index contributed by atoms with van der Waals surface area (Å²) in [7, 11) is 0. The third-order valence-electron chi connectivity index (χ3n) is 5.59. The Balaban J connectivity index is 1.60. The quantitative estimate of drug-likeness (QED) is 0.456. The molecule has 5 atom stereocenters. The molecule has 2 amide bonds. The van der Waals surface area contributed by atoms with E-state index in [1.807, 2.05) is 0 Å². The van der Waals surface area contributed by atoms with Crippen molar-refractivity contribution in [3.8, 4) is 0 Å². The highest BCUT2D eigenvalue weighted by molar-refractivity contribution is 6.28. The summed E-state index contributed by atoms with van der Waals surface area (Å²) in [6, 6.07) is 0. The zero-order valence-corrected chi connectivity index (χ0v) is 15.7. The van der Waals surface area contributed by atoms with Crippen molar-refractivity contribution in [2.24, 2.45) is 5.92 Å². The maximum Gasteiger partial charge on any atom is 0.414 e. The molecule has 6 nitrogen and oxygen atoms in total. The van der Waals surface area contributed by atoms with Crippen molar-refractivity contribution in [1.82, 2.24) is 5.32 Å². The van der Waals surface area contributed by atoms with Crippen LogP contribution in [0.3, 0.4) is 0 Å². The number of nitrogens with one attached hydrogen (secondary N) is 1. The molecule has 2 heterocycles. The molecule has 140 valence electrons. The van der Waals surface area contributed by atoms with E-state index in [4.69, 9.17) is 25.8 Å². The lowest BCUT2D eigenvalue weighted by Crippen LogP contribution is -2.45. The molecule has 0 aromatic rings. The highest BCUT2D eigenvalue weighted by Gasteiger charge is 2.68. The summed E-state index contributed by atoms with van der Waals surface area (Å²) in [6.45, 7) is 7.03. The predicted octanol–water partition coefficient (Wildman–Crippen LogP) is 2.93. The van der Waals surface area contributed by atoms with Crippen LogP contribution in [-0.2, 0) is 19.0 Å². The zero-order valence-electron chi connectivity index (χ0n) is 15.0. The van der Waals surface area contributed by atoms with Gasteiger partial charge in [0.1, 0.15) is 12.0 Å². The van der Waals surface area contributed by atoms with Gasteiger partial charge in [-0.05, 0) is 46.5 Å². The number of imide groups is 1. The molecular weight excluding hydrogens is 346 g/mol. The summed E-state index contributed by atoms with van der Waals surface area (Å²) >= 11 is 5.39. The van der Waals surface area contributed by atoms with E-state index < -0.39 is 12.0 Å². The molecule has 1 N–H and O–H groups in total. The van der Waals surface area contributed by atoms with Crippen molar-refractivity contribution in [1.29, 1.82) is 0 Å². The predicted molar refractivity (Wildman–Crippen MR) is 92.5 cm³/mol. The number of alkyl halides is 1. The average Bonchev–Trinajstić information content (AvgIpc) is 3.45. The molecule has 25 heavy (non-hydrogen) atoms. The number of amides is 2. The van der Waals surface area contributed by atoms with Crippen molar-refractivity contribution in [2.45, 2.75) is 69.9 Å². The number of ether oxygens (including phenoxy) is 3. The van der Waals surface area contributed by atoms with E-state index in [2.05, 4.69) is 32.2 Å². The van der Waals surface area contributed by atoms with Crippen molar-refractivity contribution < 1.29 is 23.8 Å². The fraction of sp³-hybridized carbons (Fsp3) is 0.778. The average molecular weight is 372 g/mol. The molecule has 0 aromatic carbocycles. The van der Waals surface area contributed by atoms with Gasteiger partial charge in [0.15, 0.2) is 0 Å². The van der Waals surface area contributed by atoms with Gasteiger partial charge in [-0.1, -0.05) is 11.6 Å². The van der Waals surface area contributed by atoms with Crippen molar-refractivity contribution in [2.75, 3.05) is 12.5 Å². The fourth-order valence-corrected chi connectivity index (χ4v) is 4.08. The van der Waals surface area contributed by atoms with Gasteiger partial charge in [0.2, 0.25) is 5.91 Å². The first-order valence-corrected chi connectivity index (χ1v) is 9.34. The first-order valence-electron chi connectivity index (χ1n) is 8.80. The first kappa shape index (κ1) is 18.7. The molecule has 1 spiro atoms. The van der Waals surface area contributed by atoms with Crippen LogP contribution in [0.4, 0.5) is 4.79 Å². The van der Waals surface area contributed by atoms with E-state index in [0.717, 1.165) is 25.9 Å². The van der Waals surface area contributed by atoms with Crippen LogP contribution >= 0.6 is 11.6 Å². The van der Waals surface area contributed by atoms with Crippen molar-refractivity contribution in [3.05, 3.63) is 11.6 Å². The maximum absolute atomic E-state index is 11.8. The summed E-state index contributed by atoms with van der Waals surface area (Å²) in [6.07, 6.45) is 4.54. The minimum atomic E-state index is -0.731. The lowest BCUT2D eigenvalue weighted by atomic mass is 9.70. The molecule has 1 saturated carbocycles. The molecule has 7 heteroatoms. The van der Waals surface area contributed by atoms with Crippen LogP contribution in [0.2, 0.25) is 0 Å². The van der Waals surface area contributed by atoms with Crippen LogP contribution in [0.5, 0.6) is 0 Å². The summed E-state index contributed by atoms with van der Waals surface area (Å²) in [5.74, 6) is -0.636. The second-order valence-electron chi connectivity index (χ2n) is 7.70. The van der Waals surface area contributed by atoms with Crippen LogP contribution in [0.1, 0.15) is 46.5 Å². The van der Waals surface area contributed by atoms with Crippen molar-refractivity contribution >= 4 is 23.6 Å². The molecule has 2 aliphatic heterocycles. The van der Waals surface area contributed by atoms with Crippen molar-refractivity contribution in [3.63, 3.8) is 0 Å². The molecule has 1 aliphatic carbocycles. The Morgan fingerprint density at radius 1 is 1.40 bits per heavy atom. The lowest BCUT2D eigenvalue weighted by Gasteiger charge is -2.36. The first-order chi connectivity index (χ1) is 11.8. The standard InChI is InChI=1S/C18H26ClNO5/c1-11(2)4-5-14-17(3,25-14)13-8-12(6-7-18(13)10-23-18)24-16(22)20-15(21)9-19/h4,12-14H,5-10H2,1-3H3,(H,20,21,22)/t12-,13-,14-,17+,18+/m1/s1. The van der Waals surface area contributed by atoms with Gasteiger partial charge in [-0.2, -0.15) is 0 Å². The van der Waals surface area contributed by atoms with Gasteiger partial charge in [0.25, 0.3) is 0 Å². The Morgan fingerprint density at radius 3 is 2.72 bits per heavy atom. The second-order valence-corrected chi connectivity index (χ2v) is 7.96. The van der Waals surface area contributed by atoms with Gasteiger partial charge in [-0.15, -0.1) is 11.6 Å². The van der Waals surface area contributed by atoms with E-state index in [9.17, 15) is 9.59 Å². The molecule has 0 radical (unpaired) electrons. The fourth-order valence-electron chi connectivity index (χ4n) is 4.01. The molecule has 0 bridgehead atoms. The molecule has 2 saturated heterocycles. The Morgan fingerprint density at radius 2 is 2.12 bits per heavy atom. The third kappa shape index (κ3) is 4.01. The van der Waals surface area contributed by atoms with Gasteiger partial charge in [-0.3, -0.25) is 10.1 Å². The number of halogens is 1. The van der Waals surface area contributed by atoms with Crippen LogP contribution < -0.4 is 5.32 Å². The summed E-state index contributed by atoms with van der Waals surface area (Å²) < 4.78 is 17.3. The van der Waals surface area contributed by atoms with E-state index in [0.29, 0.717) is 6.42 Å². The monoisotopic (exact) mass is 371 g/mol. The number of carbonyl (C=O) groups excluding carboxylic acids is 2. The number of alkyl carbamates (subject to hydrolysis) is 1. The van der Waals surface area contributed by atoms with Crippen LogP contribution in [0, 0.1) is 5.92 Å². The highest BCUT2D eigenvalue weighted by atomic mass is 35.5. The van der Waals surface area contributed by atoms with Gasteiger partial charge < -0.3 is 14.2 Å². The lowest BCUT2D eigenvalue weighted by molar-refractivity contribution is -0.118. The molecule has 0 aromatic heterocycles. The smallest absolute Gasteiger partial charge is 0.414 e. The van der Waals surface area contributed by atoms with E-state index in [1.165, 1.54) is 5.57 Å². The Hall–Kier alpha value is -1.11. The van der Waals surface area contributed by atoms with Gasteiger partial charge >= 0.3 is 6.09 Å². The number of carbonyl (C=O) groups is 2. The van der Waals surface area contributed by atoms with Crippen LogP contribution in [0.15, 0.2) is 11.6 Å². The second kappa shape index (κ2) is 6.89. The molecular formula is C18H26ClNO5. The van der Waals surface area contributed by atoms with E-state index >= 15 is 0 Å². The van der Waals surface area contributed by atoms with E-state index in [-0.39, 0.29) is 35.2 Å². The highest BCUT2D eigenvalue weighted by Crippen LogP contribution is 2.59. The largest absolute Gasteiger partial charge is 0.446 e. The summed E-state index contributed by atoms with van der Waals surface area (Å²) in [5, 5.41) is 2.12. The number of epoxide rings is 2. The molecule has 0 unspecified atom stereocenters. The summed E-state index contributed by atoms with van der Waals surface area (Å²) in [4.78, 5) is 23.0. The summed E-state index contributed by atoms with van der Waals surface area (Å²) in [5.41, 5.74) is 0.907. The van der Waals surface area contributed by atoms with Crippen LogP contribution in [-0.4, -0.2) is 47.9 Å². The van der Waals surface area contributed by atoms with Gasteiger partial charge in [0, 0.05) is 5.92 Å². The van der Waals surface area contributed by atoms with Crippen LogP contribution in [0.25, 0.3) is 0 Å². The Bertz CT molecular complexity index is 584. The zero-order chi connectivity index (χ0) is 18.2. The molecule has 3 fully saturated rings. The minimum Gasteiger partial charge on any atom is -0.446 e. The Kier molecular flexibility index (Phi) is 5.15. The SMILES string of the molecule is CC(C)=CC[C@H]1O[C@@]1(C)[C@H]1C[C@H](OC(=O)NC(=O)CCl)CC[C@]12CO2. The number of rotatable bonds is 5. The number of allylic oxidation sites excluding steroid dienone is 1. The third-order valence-corrected chi connectivity index (χ3v) is 5.83. The maximum atomic E-state index is 11.8. The topological polar surface area (TPSA) is 80.5 Å².